The Morgan fingerprint density at radius 3 is 2.46 bits per heavy atom. The molecule has 46 heavy (non-hydrogen) atoms. The van der Waals surface area contributed by atoms with E-state index in [4.69, 9.17) is 37.9 Å². The fourth-order valence-electron chi connectivity index (χ4n) is 6.79. The molecule has 7 rings (SSSR count). The van der Waals surface area contributed by atoms with Crippen molar-refractivity contribution in [2.75, 3.05) is 41.3 Å². The molecule has 242 valence electrons. The number of esters is 1. The quantitative estimate of drug-likeness (QED) is 0.191. The summed E-state index contributed by atoms with van der Waals surface area (Å²) in [6.07, 6.45) is 4.98. The summed E-state index contributed by atoms with van der Waals surface area (Å²) in [5.41, 5.74) is 3.99. The summed E-state index contributed by atoms with van der Waals surface area (Å²) in [4.78, 5) is 27.0. The number of fused-ring (bicyclic) bond motifs is 5. The van der Waals surface area contributed by atoms with Crippen LogP contribution in [0.15, 0.2) is 43.1 Å². The summed E-state index contributed by atoms with van der Waals surface area (Å²) in [6.45, 7) is 4.91. The van der Waals surface area contributed by atoms with Crippen molar-refractivity contribution in [2.24, 2.45) is 11.8 Å². The molecule has 0 bridgehead atoms. The average molecular weight is 633 g/mol. The number of nitrogens with zero attached hydrogens (tertiary/aromatic N) is 4. The molecular weight excluding hydrogens is 596 g/mol. The molecule has 0 unspecified atom stereocenters. The molecule has 4 aromatic rings. The van der Waals surface area contributed by atoms with Crippen LogP contribution in [0.5, 0.6) is 28.7 Å². The molecule has 1 aliphatic carbocycles. The molecule has 1 saturated heterocycles. The second kappa shape index (κ2) is 12.0. The molecular formula is C33H36N4O9. The van der Waals surface area contributed by atoms with E-state index in [0.29, 0.717) is 47.2 Å². The average Bonchev–Trinajstić information content (AvgIpc) is 3.70. The van der Waals surface area contributed by atoms with Gasteiger partial charge in [0.1, 0.15) is 11.8 Å². The van der Waals surface area contributed by atoms with Crippen LogP contribution in [0.3, 0.4) is 0 Å². The first-order valence-corrected chi connectivity index (χ1v) is 15.1. The van der Waals surface area contributed by atoms with Crippen LogP contribution in [0.2, 0.25) is 0 Å². The first-order chi connectivity index (χ1) is 22.3. The van der Waals surface area contributed by atoms with Crippen molar-refractivity contribution in [3.05, 3.63) is 59.8 Å². The summed E-state index contributed by atoms with van der Waals surface area (Å²) in [5, 5.41) is 0. The number of aryl methyl sites for hydroxylation is 1. The minimum Gasteiger partial charge on any atom is -0.493 e. The smallest absolute Gasteiger partial charge is 0.310 e. The van der Waals surface area contributed by atoms with E-state index in [0.717, 1.165) is 22.3 Å². The Labute approximate surface area is 265 Å². The van der Waals surface area contributed by atoms with E-state index < -0.39 is 23.7 Å². The number of hydrogen-bond acceptors (Lipinski definition) is 12. The predicted octanol–water partition coefficient (Wildman–Crippen LogP) is 4.42. The number of aromatic nitrogens is 4. The van der Waals surface area contributed by atoms with Crippen LogP contribution in [0, 0.1) is 11.8 Å². The second-order valence-corrected chi connectivity index (χ2v) is 11.9. The summed E-state index contributed by atoms with van der Waals surface area (Å²) < 4.78 is 49.3. The molecule has 13 heteroatoms. The van der Waals surface area contributed by atoms with Gasteiger partial charge in [0.15, 0.2) is 34.4 Å². The third-order valence-electron chi connectivity index (χ3n) is 8.85. The number of rotatable bonds is 9. The highest BCUT2D eigenvalue weighted by Gasteiger charge is 2.53. The number of carbonyl (C=O) groups excluding carboxylic acids is 1. The topological polar surface area (TPSA) is 135 Å². The third-order valence-corrected chi connectivity index (χ3v) is 8.85. The number of carbonyl (C=O) groups is 1. The van der Waals surface area contributed by atoms with E-state index in [1.807, 2.05) is 42.7 Å². The van der Waals surface area contributed by atoms with Gasteiger partial charge in [0.25, 0.3) is 0 Å². The Balaban J connectivity index is 1.27. The predicted molar refractivity (Wildman–Crippen MR) is 162 cm³/mol. The first kappa shape index (κ1) is 30.1. The van der Waals surface area contributed by atoms with Crippen LogP contribution in [0.4, 0.5) is 0 Å². The van der Waals surface area contributed by atoms with Crippen molar-refractivity contribution in [2.45, 2.75) is 44.6 Å². The SMILES string of the molecule is COc1cc([C@@H]2c3cc4c(cc3[C@@H]3OC(C)(C)OC[C@H]3[C@H]2C(=O)OCCCn2cnc3cncnc32)OCO4)cc(OC)c1OC. The summed E-state index contributed by atoms with van der Waals surface area (Å²) in [5.74, 6) is -0.127. The number of benzene rings is 2. The Morgan fingerprint density at radius 1 is 1.00 bits per heavy atom. The minimum absolute atomic E-state index is 0.111. The van der Waals surface area contributed by atoms with Crippen LogP contribution >= 0.6 is 0 Å². The fraction of sp³-hybridized carbons (Fsp3) is 0.455. The van der Waals surface area contributed by atoms with Crippen molar-refractivity contribution in [3.63, 3.8) is 0 Å². The van der Waals surface area contributed by atoms with Gasteiger partial charge in [-0.3, -0.25) is 4.79 Å². The van der Waals surface area contributed by atoms with Gasteiger partial charge in [-0.2, -0.15) is 0 Å². The van der Waals surface area contributed by atoms with Gasteiger partial charge in [0.05, 0.1) is 59.1 Å². The zero-order valence-corrected chi connectivity index (χ0v) is 26.3. The number of ether oxygens (including phenoxy) is 8. The van der Waals surface area contributed by atoms with Crippen molar-refractivity contribution in [3.8, 4) is 28.7 Å². The molecule has 0 N–H and O–H groups in total. The maximum absolute atomic E-state index is 14.3. The summed E-state index contributed by atoms with van der Waals surface area (Å²) in [6, 6.07) is 7.66. The second-order valence-electron chi connectivity index (χ2n) is 11.9. The lowest BCUT2D eigenvalue weighted by molar-refractivity contribution is -0.304. The van der Waals surface area contributed by atoms with E-state index >= 15 is 0 Å². The van der Waals surface area contributed by atoms with Gasteiger partial charge in [0.2, 0.25) is 12.5 Å². The van der Waals surface area contributed by atoms with Crippen molar-refractivity contribution >= 4 is 17.1 Å². The van der Waals surface area contributed by atoms with E-state index in [9.17, 15) is 4.79 Å². The molecule has 0 spiro atoms. The number of methoxy groups -OCH3 is 3. The molecule has 2 aromatic heterocycles. The van der Waals surface area contributed by atoms with Crippen molar-refractivity contribution < 1.29 is 42.7 Å². The van der Waals surface area contributed by atoms with Crippen molar-refractivity contribution in [1.82, 2.24) is 19.5 Å². The Morgan fingerprint density at radius 2 is 1.74 bits per heavy atom. The van der Waals surface area contributed by atoms with Gasteiger partial charge in [-0.25, -0.2) is 15.0 Å². The zero-order chi connectivity index (χ0) is 32.0. The third kappa shape index (κ3) is 5.22. The molecule has 2 aromatic carbocycles. The van der Waals surface area contributed by atoms with Crippen LogP contribution in [-0.4, -0.2) is 72.6 Å². The standard InChI is InChI=1S/C33H36N4O9/c1-33(2)45-14-21-28(32(38)42-8-6-7-37-16-36-22-13-34-15-35-31(22)37)27(18-9-25(39-3)30(41-5)26(10-18)40-4)19-11-23-24(44-17-43-23)12-20(19)29(21)46-33/h9-13,15-16,21,27-29H,6-8,14,17H2,1-5H3/t21-,27+,28+,29-/m0/s1. The largest absolute Gasteiger partial charge is 0.493 e. The summed E-state index contributed by atoms with van der Waals surface area (Å²) in [7, 11) is 4.69. The highest BCUT2D eigenvalue weighted by Crippen LogP contribution is 2.57. The van der Waals surface area contributed by atoms with Gasteiger partial charge >= 0.3 is 5.97 Å². The zero-order valence-electron chi connectivity index (χ0n) is 26.3. The highest BCUT2D eigenvalue weighted by molar-refractivity contribution is 5.77. The number of hydrogen-bond donors (Lipinski definition) is 0. The molecule has 0 saturated carbocycles. The van der Waals surface area contributed by atoms with Crippen LogP contribution in [0.25, 0.3) is 11.2 Å². The Kier molecular flexibility index (Phi) is 7.81. The van der Waals surface area contributed by atoms with Crippen LogP contribution in [0.1, 0.15) is 49.0 Å². The van der Waals surface area contributed by atoms with E-state index in [1.165, 1.54) is 6.33 Å². The molecule has 4 heterocycles. The molecule has 0 radical (unpaired) electrons. The van der Waals surface area contributed by atoms with E-state index in [1.54, 1.807) is 33.9 Å². The van der Waals surface area contributed by atoms with Gasteiger partial charge in [-0.1, -0.05) is 0 Å². The molecule has 2 aliphatic heterocycles. The van der Waals surface area contributed by atoms with Crippen LogP contribution in [-0.2, 0) is 25.5 Å². The highest BCUT2D eigenvalue weighted by atomic mass is 16.7. The van der Waals surface area contributed by atoms with Crippen LogP contribution < -0.4 is 23.7 Å². The Bertz CT molecular complexity index is 1750. The summed E-state index contributed by atoms with van der Waals surface area (Å²) >= 11 is 0. The molecule has 3 aliphatic rings. The molecule has 13 nitrogen and oxygen atoms in total. The molecule has 4 atom stereocenters. The Hall–Kier alpha value is -4.62. The van der Waals surface area contributed by atoms with Gasteiger partial charge < -0.3 is 42.5 Å². The molecule has 1 fully saturated rings. The monoisotopic (exact) mass is 632 g/mol. The van der Waals surface area contributed by atoms with Gasteiger partial charge in [-0.15, -0.1) is 0 Å². The van der Waals surface area contributed by atoms with Gasteiger partial charge in [-0.05, 0) is 61.2 Å². The van der Waals surface area contributed by atoms with Crippen molar-refractivity contribution in [1.29, 1.82) is 0 Å². The lowest BCUT2D eigenvalue weighted by Gasteiger charge is -2.49. The maximum Gasteiger partial charge on any atom is 0.310 e. The van der Waals surface area contributed by atoms with E-state index in [-0.39, 0.29) is 31.9 Å². The number of imidazole rings is 1. The van der Waals surface area contributed by atoms with E-state index in [2.05, 4.69) is 15.0 Å². The van der Waals surface area contributed by atoms with Gasteiger partial charge in [0, 0.05) is 18.4 Å². The first-order valence-electron chi connectivity index (χ1n) is 15.1. The lowest BCUT2D eigenvalue weighted by atomic mass is 9.64. The lowest BCUT2D eigenvalue weighted by Crippen LogP contribution is -2.50. The minimum atomic E-state index is -0.861. The maximum atomic E-state index is 14.3. The molecule has 0 amide bonds. The fourth-order valence-corrected chi connectivity index (χ4v) is 6.79. The normalized spacial score (nSPS) is 22.5.